The Morgan fingerprint density at radius 2 is 1.64 bits per heavy atom. The maximum Gasteiger partial charge on any atom is 0.417 e. The molecule has 1 N–H and O–H groups in total. The van der Waals surface area contributed by atoms with Crippen LogP contribution in [0.25, 0.3) is 5.57 Å². The Morgan fingerprint density at radius 1 is 1.08 bits per heavy atom. The van der Waals surface area contributed by atoms with E-state index in [2.05, 4.69) is 5.32 Å². The molecule has 0 saturated carbocycles. The maximum atomic E-state index is 13.2. The van der Waals surface area contributed by atoms with Gasteiger partial charge in [0, 0.05) is 38.7 Å². The lowest BCUT2D eigenvalue weighted by Gasteiger charge is -2.12. The number of alkyl halides is 3. The van der Waals surface area contributed by atoms with Crippen LogP contribution in [0.1, 0.15) is 5.56 Å². The summed E-state index contributed by atoms with van der Waals surface area (Å²) in [6.45, 7) is 0. The Morgan fingerprint density at radius 3 is 2.12 bits per heavy atom. The van der Waals surface area contributed by atoms with E-state index in [0.29, 0.717) is 21.7 Å². The molecule has 0 aliphatic heterocycles. The van der Waals surface area contributed by atoms with Crippen LogP contribution in [0.5, 0.6) is 0 Å². The van der Waals surface area contributed by atoms with Crippen LogP contribution >= 0.6 is 11.6 Å². The number of rotatable bonds is 4. The first-order valence-electron chi connectivity index (χ1n) is 6.96. The second-order valence-corrected chi connectivity index (χ2v) is 6.85. The minimum Gasteiger partial charge on any atom is -0.322 e. The van der Waals surface area contributed by atoms with E-state index in [1.807, 2.05) is 0 Å². The summed E-state index contributed by atoms with van der Waals surface area (Å²) in [5.74, 6) is -0.923. The van der Waals surface area contributed by atoms with Gasteiger partial charge in [-0.1, -0.05) is 23.7 Å². The van der Waals surface area contributed by atoms with Crippen molar-refractivity contribution < 1.29 is 22.2 Å². The molecule has 8 heteroatoms. The number of hydrogen-bond acceptors (Lipinski definition) is 2. The number of benzene rings is 2. The lowest BCUT2D eigenvalue weighted by Crippen LogP contribution is -2.16. The van der Waals surface area contributed by atoms with Crippen molar-refractivity contribution in [1.82, 2.24) is 0 Å². The molecule has 1 amide bonds. The van der Waals surface area contributed by atoms with E-state index in [9.17, 15) is 22.2 Å². The van der Waals surface area contributed by atoms with Crippen molar-refractivity contribution >= 4 is 39.6 Å². The molecule has 0 aliphatic rings. The predicted octanol–water partition coefficient (Wildman–Crippen LogP) is 4.66. The third kappa shape index (κ3) is 5.44. The fourth-order valence-electron chi connectivity index (χ4n) is 2.00. The number of amides is 1. The van der Waals surface area contributed by atoms with Crippen LogP contribution in [0, 0.1) is 0 Å². The quantitative estimate of drug-likeness (QED) is 0.775. The summed E-state index contributed by atoms with van der Waals surface area (Å²) in [6.07, 6.45) is -2.71. The second kappa shape index (κ2) is 7.84. The normalized spacial score (nSPS) is 13.4. The van der Waals surface area contributed by atoms with Gasteiger partial charge >= 0.3 is 6.18 Å². The van der Waals surface area contributed by atoms with E-state index in [-0.39, 0.29) is 5.56 Å². The minimum atomic E-state index is -4.70. The van der Waals surface area contributed by atoms with E-state index >= 15 is 0 Å². The maximum absolute atomic E-state index is 13.2. The molecule has 1 unspecified atom stereocenters. The highest BCUT2D eigenvalue weighted by Crippen LogP contribution is 2.34. The van der Waals surface area contributed by atoms with Crippen molar-refractivity contribution in [3.05, 3.63) is 65.2 Å². The molecule has 1 atom stereocenters. The molecule has 0 heterocycles. The first kappa shape index (κ1) is 19.2. The SMILES string of the molecule is CS(=O)c1ccc(NC(=O)C=C(c2ccc(Cl)cc2)C(F)(F)F)cc1. The monoisotopic (exact) mass is 387 g/mol. The molecule has 0 saturated heterocycles. The van der Waals surface area contributed by atoms with Crippen molar-refractivity contribution in [2.45, 2.75) is 11.1 Å². The molecular formula is C17H13ClF3NO2S. The molecule has 0 aromatic heterocycles. The third-order valence-electron chi connectivity index (χ3n) is 3.19. The lowest BCUT2D eigenvalue weighted by molar-refractivity contribution is -0.112. The van der Waals surface area contributed by atoms with Crippen LogP contribution in [-0.4, -0.2) is 22.5 Å². The molecular weight excluding hydrogens is 375 g/mol. The zero-order valence-corrected chi connectivity index (χ0v) is 14.5. The fourth-order valence-corrected chi connectivity index (χ4v) is 2.64. The Bertz CT molecular complexity index is 815. The van der Waals surface area contributed by atoms with Gasteiger partial charge in [-0.15, -0.1) is 0 Å². The van der Waals surface area contributed by atoms with Crippen LogP contribution in [-0.2, 0) is 15.6 Å². The number of nitrogens with one attached hydrogen (secondary N) is 1. The second-order valence-electron chi connectivity index (χ2n) is 5.03. The summed E-state index contributed by atoms with van der Waals surface area (Å²) in [5, 5.41) is 2.65. The van der Waals surface area contributed by atoms with Gasteiger partial charge in [0.05, 0.1) is 5.57 Å². The van der Waals surface area contributed by atoms with Crippen molar-refractivity contribution in [2.24, 2.45) is 0 Å². The molecule has 132 valence electrons. The molecule has 0 radical (unpaired) electrons. The van der Waals surface area contributed by atoms with Crippen molar-refractivity contribution in [3.8, 4) is 0 Å². The average molecular weight is 388 g/mol. The number of carbonyl (C=O) groups excluding carboxylic acids is 1. The van der Waals surface area contributed by atoms with E-state index in [1.165, 1.54) is 54.8 Å². The van der Waals surface area contributed by atoms with Crippen molar-refractivity contribution in [2.75, 3.05) is 11.6 Å². The van der Waals surface area contributed by atoms with Crippen LogP contribution in [0.15, 0.2) is 59.5 Å². The Balaban J connectivity index is 2.25. The number of carbonyl (C=O) groups is 1. The van der Waals surface area contributed by atoms with E-state index in [0.717, 1.165) is 0 Å². The third-order valence-corrected chi connectivity index (χ3v) is 4.38. The van der Waals surface area contributed by atoms with Gasteiger partial charge in [0.2, 0.25) is 5.91 Å². The van der Waals surface area contributed by atoms with Gasteiger partial charge < -0.3 is 5.32 Å². The van der Waals surface area contributed by atoms with E-state index in [4.69, 9.17) is 11.6 Å². The summed E-state index contributed by atoms with van der Waals surface area (Å²) in [5.41, 5.74) is -0.940. The van der Waals surface area contributed by atoms with E-state index < -0.39 is 28.5 Å². The Hall–Kier alpha value is -2.12. The topological polar surface area (TPSA) is 46.2 Å². The molecule has 0 spiro atoms. The molecule has 2 rings (SSSR count). The van der Waals surface area contributed by atoms with Crippen LogP contribution < -0.4 is 5.32 Å². The van der Waals surface area contributed by atoms with Gasteiger partial charge in [0.15, 0.2) is 0 Å². The van der Waals surface area contributed by atoms with Crippen LogP contribution in [0.2, 0.25) is 5.02 Å². The molecule has 25 heavy (non-hydrogen) atoms. The van der Waals surface area contributed by atoms with Crippen LogP contribution in [0.3, 0.4) is 0 Å². The summed E-state index contributed by atoms with van der Waals surface area (Å²) in [6, 6.07) is 11.0. The highest BCUT2D eigenvalue weighted by Gasteiger charge is 2.35. The summed E-state index contributed by atoms with van der Waals surface area (Å²) >= 11 is 5.68. The molecule has 3 nitrogen and oxygen atoms in total. The molecule has 0 bridgehead atoms. The van der Waals surface area contributed by atoms with Crippen LogP contribution in [0.4, 0.5) is 18.9 Å². The van der Waals surface area contributed by atoms with Gasteiger partial charge in [-0.25, -0.2) is 0 Å². The first-order chi connectivity index (χ1) is 11.7. The van der Waals surface area contributed by atoms with Gasteiger partial charge in [0.1, 0.15) is 0 Å². The zero-order chi connectivity index (χ0) is 18.6. The van der Waals surface area contributed by atoms with Crippen molar-refractivity contribution in [1.29, 1.82) is 0 Å². The summed E-state index contributed by atoms with van der Waals surface area (Å²) in [7, 11) is -1.18. The molecule has 0 aliphatic carbocycles. The molecule has 2 aromatic carbocycles. The minimum absolute atomic E-state index is 0.163. The van der Waals surface area contributed by atoms with Gasteiger partial charge in [-0.05, 0) is 42.0 Å². The molecule has 0 fully saturated rings. The average Bonchev–Trinajstić information content (AvgIpc) is 2.53. The highest BCUT2D eigenvalue weighted by atomic mass is 35.5. The molecule has 2 aromatic rings. The predicted molar refractivity (Wildman–Crippen MR) is 92.9 cm³/mol. The number of hydrogen-bond donors (Lipinski definition) is 1. The number of anilines is 1. The fraction of sp³-hybridized carbons (Fsp3) is 0.118. The van der Waals surface area contributed by atoms with E-state index in [1.54, 1.807) is 0 Å². The first-order valence-corrected chi connectivity index (χ1v) is 8.90. The van der Waals surface area contributed by atoms with Crippen molar-refractivity contribution in [3.63, 3.8) is 0 Å². The lowest BCUT2D eigenvalue weighted by atomic mass is 10.1. The number of allylic oxidation sites excluding steroid dienone is 1. The van der Waals surface area contributed by atoms with Gasteiger partial charge in [-0.3, -0.25) is 9.00 Å². The van der Waals surface area contributed by atoms with Gasteiger partial charge in [0.25, 0.3) is 0 Å². The van der Waals surface area contributed by atoms with Gasteiger partial charge in [-0.2, -0.15) is 13.2 Å². The number of halogens is 4. The summed E-state index contributed by atoms with van der Waals surface area (Å²) in [4.78, 5) is 12.5. The Labute approximate surface area is 150 Å². The smallest absolute Gasteiger partial charge is 0.322 e. The summed E-state index contributed by atoms with van der Waals surface area (Å²) < 4.78 is 51.0. The highest BCUT2D eigenvalue weighted by molar-refractivity contribution is 7.84. The Kier molecular flexibility index (Phi) is 6.02. The zero-order valence-electron chi connectivity index (χ0n) is 12.9. The standard InChI is InChI=1S/C17H13ClF3NO2S/c1-25(24)14-8-6-13(7-9-14)22-16(23)10-15(17(19,20)21)11-2-4-12(18)5-3-11/h2-10H,1H3,(H,22,23). The largest absolute Gasteiger partial charge is 0.417 e.